The van der Waals surface area contributed by atoms with Crippen molar-refractivity contribution in [2.75, 3.05) is 13.2 Å². The molecule has 0 unspecified atom stereocenters. The topological polar surface area (TPSA) is 52.6 Å². The van der Waals surface area contributed by atoms with E-state index in [1.165, 1.54) is 0 Å². The molecule has 30 heavy (non-hydrogen) atoms. The Morgan fingerprint density at radius 1 is 0.700 bits per heavy atom. The number of carbonyl (C=O) groups is 2. The summed E-state index contributed by atoms with van der Waals surface area (Å²) in [4.78, 5) is 26.2. The van der Waals surface area contributed by atoms with Crippen LogP contribution in [-0.2, 0) is 19.1 Å². The van der Waals surface area contributed by atoms with Crippen LogP contribution >= 0.6 is 31.9 Å². The Hall–Kier alpha value is -2.18. The van der Waals surface area contributed by atoms with Crippen molar-refractivity contribution in [2.24, 2.45) is 11.8 Å². The summed E-state index contributed by atoms with van der Waals surface area (Å²) in [7, 11) is 0. The molecule has 0 heterocycles. The van der Waals surface area contributed by atoms with Crippen molar-refractivity contribution in [1.82, 2.24) is 0 Å². The maximum Gasteiger partial charge on any atom is 0.314 e. The number of allylic oxidation sites excluding steroid dienone is 2. The van der Waals surface area contributed by atoms with Crippen LogP contribution in [0.3, 0.4) is 0 Å². The van der Waals surface area contributed by atoms with Gasteiger partial charge in [0.2, 0.25) is 0 Å². The number of rotatable bonds is 6. The number of ether oxygens (including phenoxy) is 2. The van der Waals surface area contributed by atoms with Crippen molar-refractivity contribution in [2.45, 2.75) is 13.8 Å². The Morgan fingerprint density at radius 3 is 1.33 bits per heavy atom. The van der Waals surface area contributed by atoms with E-state index in [-0.39, 0.29) is 13.2 Å². The first kappa shape index (κ1) is 22.5. The normalized spacial score (nSPS) is 18.3. The summed E-state index contributed by atoms with van der Waals surface area (Å²) >= 11 is 6.88. The highest BCUT2D eigenvalue weighted by Crippen LogP contribution is 2.43. The molecule has 2 aromatic carbocycles. The molecule has 1 aliphatic carbocycles. The quantitative estimate of drug-likeness (QED) is 0.424. The SMILES string of the molecule is CCOC(=O)[C@H]1C(c2ccc(Br)cc2)=CC=C(c2ccc(Br)cc2)[C@@H]1C(=O)OCC. The van der Waals surface area contributed by atoms with Gasteiger partial charge in [-0.05, 0) is 60.4 Å². The standard InChI is InChI=1S/C24H22Br2O4/c1-3-29-23(27)21-19(15-5-9-17(25)10-6-15)13-14-20(22(21)24(28)30-4-2)16-7-11-18(26)12-8-16/h5-14,21-22H,3-4H2,1-2H3/t21-,22-/m0/s1. The Bertz CT molecular complexity index is 894. The van der Waals surface area contributed by atoms with E-state index in [9.17, 15) is 9.59 Å². The largest absolute Gasteiger partial charge is 0.465 e. The fourth-order valence-electron chi connectivity index (χ4n) is 3.57. The van der Waals surface area contributed by atoms with Crippen LogP contribution in [0.4, 0.5) is 0 Å². The smallest absolute Gasteiger partial charge is 0.314 e. The summed E-state index contributed by atoms with van der Waals surface area (Å²) < 4.78 is 12.6. The molecular formula is C24H22Br2O4. The monoisotopic (exact) mass is 532 g/mol. The molecule has 2 aromatic rings. The highest BCUT2D eigenvalue weighted by molar-refractivity contribution is 9.10. The van der Waals surface area contributed by atoms with E-state index in [4.69, 9.17) is 9.47 Å². The number of hydrogen-bond acceptors (Lipinski definition) is 4. The van der Waals surface area contributed by atoms with Gasteiger partial charge in [0.25, 0.3) is 0 Å². The van der Waals surface area contributed by atoms with E-state index < -0.39 is 23.8 Å². The van der Waals surface area contributed by atoms with Crippen LogP contribution in [0.15, 0.2) is 69.6 Å². The van der Waals surface area contributed by atoms with Crippen LogP contribution in [0.25, 0.3) is 11.1 Å². The van der Waals surface area contributed by atoms with Gasteiger partial charge in [-0.3, -0.25) is 9.59 Å². The molecule has 6 heteroatoms. The zero-order chi connectivity index (χ0) is 21.7. The summed E-state index contributed by atoms with van der Waals surface area (Å²) in [5, 5.41) is 0. The van der Waals surface area contributed by atoms with Gasteiger partial charge in [0.15, 0.2) is 0 Å². The molecule has 0 spiro atoms. The second-order valence-electron chi connectivity index (χ2n) is 6.72. The lowest BCUT2D eigenvalue weighted by molar-refractivity contribution is -0.155. The number of hydrogen-bond donors (Lipinski definition) is 0. The molecular weight excluding hydrogens is 512 g/mol. The Labute approximate surface area is 193 Å². The van der Waals surface area contributed by atoms with Crippen LogP contribution in [0.1, 0.15) is 25.0 Å². The summed E-state index contributed by atoms with van der Waals surface area (Å²) in [6, 6.07) is 15.3. The maximum absolute atomic E-state index is 13.1. The lowest BCUT2D eigenvalue weighted by Crippen LogP contribution is -2.36. The number of esters is 2. The van der Waals surface area contributed by atoms with Gasteiger partial charge in [-0.1, -0.05) is 68.3 Å². The zero-order valence-corrected chi connectivity index (χ0v) is 19.9. The van der Waals surface area contributed by atoms with Crippen molar-refractivity contribution >= 4 is 54.9 Å². The number of halogens is 2. The van der Waals surface area contributed by atoms with Gasteiger partial charge in [0, 0.05) is 8.95 Å². The zero-order valence-electron chi connectivity index (χ0n) is 16.7. The molecule has 0 saturated carbocycles. The van der Waals surface area contributed by atoms with Gasteiger partial charge in [-0.2, -0.15) is 0 Å². The molecule has 0 aliphatic heterocycles. The summed E-state index contributed by atoms with van der Waals surface area (Å²) in [5.41, 5.74) is 3.19. The number of carbonyl (C=O) groups excluding carboxylic acids is 2. The van der Waals surface area contributed by atoms with E-state index in [1.54, 1.807) is 13.8 Å². The molecule has 0 amide bonds. The average molecular weight is 534 g/mol. The third-order valence-electron chi connectivity index (χ3n) is 4.88. The molecule has 0 radical (unpaired) electrons. The minimum Gasteiger partial charge on any atom is -0.465 e. The summed E-state index contributed by atoms with van der Waals surface area (Å²) in [6.07, 6.45) is 3.80. The van der Waals surface area contributed by atoms with Crippen LogP contribution in [0, 0.1) is 11.8 Å². The van der Waals surface area contributed by atoms with E-state index in [0.717, 1.165) is 31.2 Å². The number of benzene rings is 2. The fraction of sp³-hybridized carbons (Fsp3) is 0.250. The summed E-state index contributed by atoms with van der Waals surface area (Å²) in [5.74, 6) is -2.47. The first-order valence-electron chi connectivity index (χ1n) is 9.73. The molecule has 0 N–H and O–H groups in total. The van der Waals surface area contributed by atoms with Gasteiger partial charge in [0.1, 0.15) is 0 Å². The predicted octanol–water partition coefficient (Wildman–Crippen LogP) is 6.05. The Morgan fingerprint density at radius 2 is 1.03 bits per heavy atom. The molecule has 0 fully saturated rings. The van der Waals surface area contributed by atoms with Crippen molar-refractivity contribution in [3.8, 4) is 0 Å². The van der Waals surface area contributed by atoms with Gasteiger partial charge in [-0.15, -0.1) is 0 Å². The van der Waals surface area contributed by atoms with Crippen molar-refractivity contribution in [3.05, 3.63) is 80.8 Å². The Kier molecular flexibility index (Phi) is 7.67. The molecule has 156 valence electrons. The lowest BCUT2D eigenvalue weighted by Gasteiger charge is -2.31. The van der Waals surface area contributed by atoms with Gasteiger partial charge >= 0.3 is 11.9 Å². The minimum absolute atomic E-state index is 0.232. The van der Waals surface area contributed by atoms with Crippen molar-refractivity contribution in [1.29, 1.82) is 0 Å². The fourth-order valence-corrected chi connectivity index (χ4v) is 4.10. The van der Waals surface area contributed by atoms with Crippen LogP contribution < -0.4 is 0 Å². The highest BCUT2D eigenvalue weighted by Gasteiger charge is 2.43. The Balaban J connectivity index is 2.17. The van der Waals surface area contributed by atoms with Gasteiger partial charge in [-0.25, -0.2) is 0 Å². The van der Waals surface area contributed by atoms with E-state index in [0.29, 0.717) is 0 Å². The second-order valence-corrected chi connectivity index (χ2v) is 8.55. The maximum atomic E-state index is 13.1. The molecule has 0 bridgehead atoms. The molecule has 0 saturated heterocycles. The molecule has 2 atom stereocenters. The van der Waals surface area contributed by atoms with E-state index in [1.807, 2.05) is 60.7 Å². The van der Waals surface area contributed by atoms with Crippen LogP contribution in [0.5, 0.6) is 0 Å². The molecule has 0 aromatic heterocycles. The third kappa shape index (κ3) is 4.93. The van der Waals surface area contributed by atoms with Crippen LogP contribution in [0.2, 0.25) is 0 Å². The average Bonchev–Trinajstić information content (AvgIpc) is 2.74. The lowest BCUT2D eigenvalue weighted by atomic mass is 9.73. The van der Waals surface area contributed by atoms with Crippen molar-refractivity contribution in [3.63, 3.8) is 0 Å². The van der Waals surface area contributed by atoms with E-state index in [2.05, 4.69) is 31.9 Å². The molecule has 1 aliphatic rings. The minimum atomic E-state index is -0.797. The first-order chi connectivity index (χ1) is 14.5. The first-order valence-corrected chi connectivity index (χ1v) is 11.3. The summed E-state index contributed by atoms with van der Waals surface area (Å²) in [6.45, 7) is 3.98. The molecule has 3 rings (SSSR count). The van der Waals surface area contributed by atoms with Gasteiger partial charge in [0.05, 0.1) is 25.0 Å². The van der Waals surface area contributed by atoms with Crippen LogP contribution in [-0.4, -0.2) is 25.2 Å². The highest BCUT2D eigenvalue weighted by atomic mass is 79.9. The van der Waals surface area contributed by atoms with E-state index >= 15 is 0 Å². The second kappa shape index (κ2) is 10.2. The molecule has 4 nitrogen and oxygen atoms in total. The van der Waals surface area contributed by atoms with Crippen molar-refractivity contribution < 1.29 is 19.1 Å². The predicted molar refractivity (Wildman–Crippen MR) is 124 cm³/mol. The van der Waals surface area contributed by atoms with Gasteiger partial charge < -0.3 is 9.47 Å². The third-order valence-corrected chi connectivity index (χ3v) is 5.94.